The average Bonchev–Trinajstić information content (AvgIpc) is 3.34. The molecule has 3 aromatic carbocycles. The number of thioether (sulfide) groups is 1. The molecular formula is C25H21FN4O4S. The van der Waals surface area contributed by atoms with Crippen molar-refractivity contribution in [3.05, 3.63) is 102 Å². The van der Waals surface area contributed by atoms with E-state index in [2.05, 4.69) is 20.8 Å². The van der Waals surface area contributed by atoms with Gasteiger partial charge in [-0.25, -0.2) is 4.39 Å². The molecule has 1 aromatic heterocycles. The molecule has 10 heteroatoms. The van der Waals surface area contributed by atoms with Crippen LogP contribution in [0.3, 0.4) is 0 Å². The number of carbonyl (C=O) groups excluding carboxylic acids is 2. The zero-order valence-corrected chi connectivity index (χ0v) is 19.3. The quantitative estimate of drug-likeness (QED) is 0.315. The summed E-state index contributed by atoms with van der Waals surface area (Å²) in [5.74, 6) is -0.300. The molecule has 0 unspecified atom stereocenters. The summed E-state index contributed by atoms with van der Waals surface area (Å²) in [6, 6.07) is 21.9. The maximum Gasteiger partial charge on any atom is 0.277 e. The van der Waals surface area contributed by atoms with E-state index in [1.165, 1.54) is 24.3 Å². The van der Waals surface area contributed by atoms with Gasteiger partial charge in [-0.15, -0.1) is 10.2 Å². The van der Waals surface area contributed by atoms with Crippen LogP contribution >= 0.6 is 11.8 Å². The van der Waals surface area contributed by atoms with Gasteiger partial charge < -0.3 is 19.8 Å². The van der Waals surface area contributed by atoms with Crippen LogP contribution in [0.5, 0.6) is 5.75 Å². The van der Waals surface area contributed by atoms with Crippen LogP contribution in [-0.4, -0.2) is 27.8 Å². The van der Waals surface area contributed by atoms with E-state index in [1.54, 1.807) is 24.3 Å². The highest BCUT2D eigenvalue weighted by atomic mass is 32.2. The Hall–Kier alpha value is -4.18. The lowest BCUT2D eigenvalue weighted by molar-refractivity contribution is -0.113. The zero-order chi connectivity index (χ0) is 24.5. The standard InChI is InChI=1S/C25H21FN4O4S/c26-18-10-12-19(13-11-18)33-15-23-29-30-25(34-23)35-16-22(31)28-21-9-5-4-8-20(21)24(32)27-14-17-6-2-1-3-7-17/h1-13H,14-16H2,(H,27,32)(H,28,31). The summed E-state index contributed by atoms with van der Waals surface area (Å²) < 4.78 is 23.9. The number of para-hydroxylation sites is 1. The van der Waals surface area contributed by atoms with E-state index in [0.29, 0.717) is 23.5 Å². The van der Waals surface area contributed by atoms with Crippen molar-refractivity contribution in [3.8, 4) is 5.75 Å². The first-order valence-corrected chi connectivity index (χ1v) is 11.6. The van der Waals surface area contributed by atoms with Crippen molar-refractivity contribution < 1.29 is 23.1 Å². The van der Waals surface area contributed by atoms with Gasteiger partial charge in [0.1, 0.15) is 11.6 Å². The normalized spacial score (nSPS) is 10.5. The van der Waals surface area contributed by atoms with Gasteiger partial charge in [0, 0.05) is 6.54 Å². The Kier molecular flexibility index (Phi) is 8.08. The first kappa shape index (κ1) is 24.0. The van der Waals surface area contributed by atoms with Gasteiger partial charge in [-0.05, 0) is 42.0 Å². The summed E-state index contributed by atoms with van der Waals surface area (Å²) in [6.07, 6.45) is 0. The number of aromatic nitrogens is 2. The Bertz CT molecular complexity index is 1280. The van der Waals surface area contributed by atoms with Gasteiger partial charge in [0.25, 0.3) is 17.0 Å². The smallest absolute Gasteiger partial charge is 0.277 e. The van der Waals surface area contributed by atoms with Gasteiger partial charge in [-0.3, -0.25) is 9.59 Å². The Morgan fingerprint density at radius 3 is 2.49 bits per heavy atom. The second-order valence-corrected chi connectivity index (χ2v) is 8.18. The minimum Gasteiger partial charge on any atom is -0.484 e. The minimum absolute atomic E-state index is 0.000418. The molecule has 0 radical (unpaired) electrons. The highest BCUT2D eigenvalue weighted by Crippen LogP contribution is 2.20. The Balaban J connectivity index is 1.27. The molecule has 0 aliphatic carbocycles. The van der Waals surface area contributed by atoms with Crippen molar-refractivity contribution in [2.24, 2.45) is 0 Å². The van der Waals surface area contributed by atoms with Crippen molar-refractivity contribution in [1.82, 2.24) is 15.5 Å². The molecule has 4 aromatic rings. The van der Waals surface area contributed by atoms with Gasteiger partial charge >= 0.3 is 0 Å². The number of halogens is 1. The van der Waals surface area contributed by atoms with Crippen molar-refractivity contribution in [1.29, 1.82) is 0 Å². The predicted octanol–water partition coefficient (Wildman–Crippen LogP) is 4.45. The monoisotopic (exact) mass is 492 g/mol. The number of nitrogens with zero attached hydrogens (tertiary/aromatic N) is 2. The summed E-state index contributed by atoms with van der Waals surface area (Å²) >= 11 is 1.06. The van der Waals surface area contributed by atoms with Crippen molar-refractivity contribution in [2.45, 2.75) is 18.4 Å². The molecule has 0 spiro atoms. The molecule has 0 fully saturated rings. The first-order valence-electron chi connectivity index (χ1n) is 10.6. The predicted molar refractivity (Wildman–Crippen MR) is 128 cm³/mol. The molecule has 0 bridgehead atoms. The number of hydrogen-bond acceptors (Lipinski definition) is 7. The Morgan fingerprint density at radius 1 is 0.943 bits per heavy atom. The van der Waals surface area contributed by atoms with Crippen molar-refractivity contribution >= 4 is 29.3 Å². The molecule has 0 saturated heterocycles. The zero-order valence-electron chi connectivity index (χ0n) is 18.4. The number of anilines is 1. The fourth-order valence-electron chi connectivity index (χ4n) is 3.01. The maximum atomic E-state index is 12.9. The molecule has 35 heavy (non-hydrogen) atoms. The Labute approximate surface area is 204 Å². The molecule has 1 heterocycles. The summed E-state index contributed by atoms with van der Waals surface area (Å²) in [7, 11) is 0. The van der Waals surface area contributed by atoms with Crippen LogP contribution in [0, 0.1) is 5.82 Å². The minimum atomic E-state index is -0.359. The van der Waals surface area contributed by atoms with Crippen molar-refractivity contribution in [3.63, 3.8) is 0 Å². The largest absolute Gasteiger partial charge is 0.484 e. The van der Waals surface area contributed by atoms with Gasteiger partial charge in [0.15, 0.2) is 6.61 Å². The third-order valence-corrected chi connectivity index (χ3v) is 5.51. The number of nitrogens with one attached hydrogen (secondary N) is 2. The summed E-state index contributed by atoms with van der Waals surface area (Å²) in [4.78, 5) is 25.1. The van der Waals surface area contributed by atoms with Gasteiger partial charge in [0.05, 0.1) is 17.0 Å². The second kappa shape index (κ2) is 11.8. The molecular weight excluding hydrogens is 471 g/mol. The molecule has 0 aliphatic heterocycles. The third kappa shape index (κ3) is 7.15. The van der Waals surface area contributed by atoms with E-state index in [9.17, 15) is 14.0 Å². The molecule has 4 rings (SSSR count). The molecule has 0 aliphatic rings. The molecule has 178 valence electrons. The fourth-order valence-corrected chi connectivity index (χ4v) is 3.59. The van der Waals surface area contributed by atoms with Crippen LogP contribution in [0.4, 0.5) is 10.1 Å². The van der Waals surface area contributed by atoms with Crippen LogP contribution in [0.15, 0.2) is 88.5 Å². The number of ether oxygens (including phenoxy) is 1. The van der Waals surface area contributed by atoms with Crippen LogP contribution in [0.1, 0.15) is 21.8 Å². The van der Waals surface area contributed by atoms with Crippen LogP contribution in [0.2, 0.25) is 0 Å². The van der Waals surface area contributed by atoms with E-state index in [-0.39, 0.29) is 41.1 Å². The van der Waals surface area contributed by atoms with E-state index in [4.69, 9.17) is 9.15 Å². The third-order valence-electron chi connectivity index (χ3n) is 4.69. The number of benzene rings is 3. The molecule has 0 atom stereocenters. The number of amides is 2. The second-order valence-electron chi connectivity index (χ2n) is 7.26. The Morgan fingerprint density at radius 2 is 1.69 bits per heavy atom. The summed E-state index contributed by atoms with van der Waals surface area (Å²) in [5.41, 5.74) is 1.74. The summed E-state index contributed by atoms with van der Waals surface area (Å²) in [6.45, 7) is 0.388. The van der Waals surface area contributed by atoms with Gasteiger partial charge in [-0.2, -0.15) is 0 Å². The van der Waals surface area contributed by atoms with E-state index in [1.807, 2.05) is 30.3 Å². The highest BCUT2D eigenvalue weighted by molar-refractivity contribution is 7.99. The summed E-state index contributed by atoms with van der Waals surface area (Å²) in [5, 5.41) is 13.6. The van der Waals surface area contributed by atoms with Crippen LogP contribution in [-0.2, 0) is 17.9 Å². The molecule has 2 N–H and O–H groups in total. The topological polar surface area (TPSA) is 106 Å². The van der Waals surface area contributed by atoms with Crippen LogP contribution < -0.4 is 15.4 Å². The molecule has 2 amide bonds. The SMILES string of the molecule is O=C(CSc1nnc(COc2ccc(F)cc2)o1)Nc1ccccc1C(=O)NCc1ccccc1. The molecule has 0 saturated carbocycles. The van der Waals surface area contributed by atoms with E-state index < -0.39 is 0 Å². The lowest BCUT2D eigenvalue weighted by Crippen LogP contribution is -2.25. The fraction of sp³-hybridized carbons (Fsp3) is 0.120. The van der Waals surface area contributed by atoms with E-state index >= 15 is 0 Å². The average molecular weight is 493 g/mol. The molecule has 8 nitrogen and oxygen atoms in total. The number of carbonyl (C=O) groups is 2. The lowest BCUT2D eigenvalue weighted by Gasteiger charge is -2.11. The van der Waals surface area contributed by atoms with Gasteiger partial charge in [0.2, 0.25) is 5.91 Å². The maximum absolute atomic E-state index is 12.9. The number of hydrogen-bond donors (Lipinski definition) is 2. The van der Waals surface area contributed by atoms with Gasteiger partial charge in [-0.1, -0.05) is 54.2 Å². The van der Waals surface area contributed by atoms with E-state index in [0.717, 1.165) is 17.3 Å². The number of rotatable bonds is 10. The first-order chi connectivity index (χ1) is 17.1. The lowest BCUT2D eigenvalue weighted by atomic mass is 10.1. The van der Waals surface area contributed by atoms with Crippen LogP contribution in [0.25, 0.3) is 0 Å². The highest BCUT2D eigenvalue weighted by Gasteiger charge is 2.15. The van der Waals surface area contributed by atoms with Crippen molar-refractivity contribution in [2.75, 3.05) is 11.1 Å².